The monoisotopic (exact) mass is 290 g/mol. The second kappa shape index (κ2) is 6.29. The molecule has 1 aliphatic carbocycles. The van der Waals surface area contributed by atoms with Crippen molar-refractivity contribution in [1.29, 1.82) is 0 Å². The maximum atomic E-state index is 11.8. The first-order valence-corrected chi connectivity index (χ1v) is 7.29. The molecule has 0 N–H and O–H groups in total. The Morgan fingerprint density at radius 1 is 1.43 bits per heavy atom. The molecule has 4 heteroatoms. The Morgan fingerprint density at radius 2 is 2.14 bits per heavy atom. The van der Waals surface area contributed by atoms with Gasteiger partial charge in [-0.05, 0) is 44.8 Å². The first-order valence-electron chi connectivity index (χ1n) is 7.29. The van der Waals surface area contributed by atoms with Crippen molar-refractivity contribution in [3.05, 3.63) is 35.5 Å². The van der Waals surface area contributed by atoms with Gasteiger partial charge < -0.3 is 9.47 Å². The molecule has 4 nitrogen and oxygen atoms in total. The van der Waals surface area contributed by atoms with Crippen LogP contribution in [0.2, 0.25) is 0 Å². The highest BCUT2D eigenvalue weighted by atomic mass is 16.6. The summed E-state index contributed by atoms with van der Waals surface area (Å²) in [7, 11) is 0. The van der Waals surface area contributed by atoms with Crippen LogP contribution in [0, 0.1) is 5.92 Å². The first kappa shape index (κ1) is 15.5. The normalized spacial score (nSPS) is 32.4. The van der Waals surface area contributed by atoms with Gasteiger partial charge in [0.2, 0.25) is 0 Å². The van der Waals surface area contributed by atoms with Gasteiger partial charge in [0.15, 0.2) is 0 Å². The van der Waals surface area contributed by atoms with Crippen LogP contribution in [-0.2, 0) is 19.1 Å². The van der Waals surface area contributed by atoms with E-state index in [0.29, 0.717) is 12.0 Å². The Morgan fingerprint density at radius 3 is 2.81 bits per heavy atom. The lowest BCUT2D eigenvalue weighted by molar-refractivity contribution is -0.145. The summed E-state index contributed by atoms with van der Waals surface area (Å²) in [6.07, 6.45) is 5.80. The number of esters is 2. The predicted molar refractivity (Wildman–Crippen MR) is 79.4 cm³/mol. The minimum absolute atomic E-state index is 0.141. The number of hydrogen-bond acceptors (Lipinski definition) is 4. The highest BCUT2D eigenvalue weighted by molar-refractivity contribution is 5.91. The Hall–Kier alpha value is -1.84. The summed E-state index contributed by atoms with van der Waals surface area (Å²) < 4.78 is 10.8. The highest BCUT2D eigenvalue weighted by Gasteiger charge is 2.39. The minimum atomic E-state index is -0.350. The van der Waals surface area contributed by atoms with E-state index in [9.17, 15) is 9.59 Å². The Kier molecular flexibility index (Phi) is 4.66. The van der Waals surface area contributed by atoms with Gasteiger partial charge in [-0.2, -0.15) is 0 Å². The molecule has 0 amide bonds. The zero-order valence-corrected chi connectivity index (χ0v) is 12.8. The number of allylic oxidation sites excluding steroid dienone is 2. The van der Waals surface area contributed by atoms with Crippen LogP contribution in [0.4, 0.5) is 0 Å². The molecule has 0 aromatic rings. The number of fused-ring (bicyclic) bond motifs is 1. The molecule has 0 unspecified atom stereocenters. The van der Waals surface area contributed by atoms with Crippen LogP contribution in [-0.4, -0.2) is 24.1 Å². The van der Waals surface area contributed by atoms with Crippen molar-refractivity contribution in [3.8, 4) is 0 Å². The molecule has 0 radical (unpaired) electrons. The van der Waals surface area contributed by atoms with E-state index in [1.54, 1.807) is 0 Å². The molecule has 1 aliphatic heterocycles. The van der Waals surface area contributed by atoms with Gasteiger partial charge in [-0.3, -0.25) is 4.79 Å². The molecule has 1 heterocycles. The van der Waals surface area contributed by atoms with Gasteiger partial charge in [-0.1, -0.05) is 18.2 Å². The molecule has 2 rings (SSSR count). The fourth-order valence-electron chi connectivity index (χ4n) is 2.84. The third-order valence-electron chi connectivity index (χ3n) is 4.09. The van der Waals surface area contributed by atoms with E-state index < -0.39 is 0 Å². The summed E-state index contributed by atoms with van der Waals surface area (Å²) in [5, 5.41) is 0. The van der Waals surface area contributed by atoms with E-state index >= 15 is 0 Å². The van der Waals surface area contributed by atoms with Gasteiger partial charge in [-0.15, -0.1) is 0 Å². The summed E-state index contributed by atoms with van der Waals surface area (Å²) >= 11 is 0. The van der Waals surface area contributed by atoms with Crippen LogP contribution in [0.25, 0.3) is 0 Å². The van der Waals surface area contributed by atoms with E-state index in [2.05, 4.69) is 12.7 Å². The molecule has 3 atom stereocenters. The maximum absolute atomic E-state index is 11.8. The SMILES string of the molecule is C=C1C(=O)O[C@@H]2/C=C(\C)CCC=C(C)[C@@H](OC(C)=O)C[C@@H]12. The quantitative estimate of drug-likeness (QED) is 0.423. The molecular weight excluding hydrogens is 268 g/mol. The van der Waals surface area contributed by atoms with Crippen LogP contribution in [0.15, 0.2) is 35.5 Å². The summed E-state index contributed by atoms with van der Waals surface area (Å²) in [5.74, 6) is -0.807. The Bertz CT molecular complexity index is 527. The average Bonchev–Trinajstić information content (AvgIpc) is 2.64. The second-order valence-corrected chi connectivity index (χ2v) is 5.84. The van der Waals surface area contributed by atoms with E-state index in [1.165, 1.54) is 12.5 Å². The van der Waals surface area contributed by atoms with Crippen LogP contribution in [0.5, 0.6) is 0 Å². The lowest BCUT2D eigenvalue weighted by atomic mass is 9.86. The van der Waals surface area contributed by atoms with Crippen molar-refractivity contribution in [1.82, 2.24) is 0 Å². The van der Waals surface area contributed by atoms with Crippen LogP contribution in [0.1, 0.15) is 40.0 Å². The van der Waals surface area contributed by atoms with Gasteiger partial charge in [0.1, 0.15) is 12.2 Å². The van der Waals surface area contributed by atoms with Crippen LogP contribution in [0.3, 0.4) is 0 Å². The summed E-state index contributed by atoms with van der Waals surface area (Å²) in [4.78, 5) is 23.1. The average molecular weight is 290 g/mol. The zero-order chi connectivity index (χ0) is 15.6. The van der Waals surface area contributed by atoms with E-state index in [4.69, 9.17) is 9.47 Å². The molecule has 1 fully saturated rings. The van der Waals surface area contributed by atoms with Crippen molar-refractivity contribution < 1.29 is 19.1 Å². The minimum Gasteiger partial charge on any atom is -0.458 e. The molecule has 21 heavy (non-hydrogen) atoms. The molecule has 2 aliphatic rings. The largest absolute Gasteiger partial charge is 0.458 e. The molecule has 114 valence electrons. The van der Waals surface area contributed by atoms with Gasteiger partial charge in [0.05, 0.1) is 0 Å². The number of carbonyl (C=O) groups excluding carboxylic acids is 2. The van der Waals surface area contributed by atoms with E-state index in [1.807, 2.05) is 19.9 Å². The molecule has 0 aromatic carbocycles. The van der Waals surface area contributed by atoms with Crippen molar-refractivity contribution in [2.45, 2.75) is 52.2 Å². The number of carbonyl (C=O) groups is 2. The molecule has 0 saturated carbocycles. The summed E-state index contributed by atoms with van der Waals surface area (Å²) in [6.45, 7) is 9.25. The smallest absolute Gasteiger partial charge is 0.334 e. The first-order chi connectivity index (χ1) is 9.88. The Labute approximate surface area is 125 Å². The topological polar surface area (TPSA) is 52.6 Å². The lowest BCUT2D eigenvalue weighted by Crippen LogP contribution is -2.26. The number of ether oxygens (including phenoxy) is 2. The summed E-state index contributed by atoms with van der Waals surface area (Å²) in [5.41, 5.74) is 2.68. The van der Waals surface area contributed by atoms with E-state index in [-0.39, 0.29) is 30.1 Å². The second-order valence-electron chi connectivity index (χ2n) is 5.84. The van der Waals surface area contributed by atoms with E-state index in [0.717, 1.165) is 18.4 Å². The van der Waals surface area contributed by atoms with Crippen molar-refractivity contribution in [2.75, 3.05) is 0 Å². The van der Waals surface area contributed by atoms with Gasteiger partial charge in [0.25, 0.3) is 0 Å². The fraction of sp³-hybridized carbons (Fsp3) is 0.529. The fourth-order valence-corrected chi connectivity index (χ4v) is 2.84. The van der Waals surface area contributed by atoms with Gasteiger partial charge in [-0.25, -0.2) is 4.79 Å². The van der Waals surface area contributed by atoms with Crippen molar-refractivity contribution in [2.24, 2.45) is 5.92 Å². The third-order valence-corrected chi connectivity index (χ3v) is 4.09. The molecular formula is C17H22O4. The predicted octanol–water partition coefficient (Wildman–Crippen LogP) is 3.09. The Balaban J connectivity index is 2.31. The summed E-state index contributed by atoms with van der Waals surface area (Å²) in [6, 6.07) is 0. The highest BCUT2D eigenvalue weighted by Crippen LogP contribution is 2.35. The van der Waals surface area contributed by atoms with Crippen molar-refractivity contribution >= 4 is 11.9 Å². The molecule has 0 aromatic heterocycles. The standard InChI is InChI=1S/C17H22O4/c1-10-6-5-7-11(2)15(20-13(4)18)9-14-12(3)17(19)21-16(14)8-10/h7-8,14-16H,3,5-6,9H2,1-2,4H3/b10-8+,11-7?/t14-,15-,16+/m0/s1. The molecule has 0 spiro atoms. The van der Waals surface area contributed by atoms with Gasteiger partial charge >= 0.3 is 11.9 Å². The third kappa shape index (κ3) is 3.63. The lowest BCUT2D eigenvalue weighted by Gasteiger charge is -2.24. The molecule has 0 bridgehead atoms. The maximum Gasteiger partial charge on any atom is 0.334 e. The number of hydrogen-bond donors (Lipinski definition) is 0. The zero-order valence-electron chi connectivity index (χ0n) is 12.8. The van der Waals surface area contributed by atoms with Crippen LogP contribution >= 0.6 is 0 Å². The number of rotatable bonds is 1. The van der Waals surface area contributed by atoms with Gasteiger partial charge in [0, 0.05) is 18.4 Å². The molecule has 1 saturated heterocycles. The van der Waals surface area contributed by atoms with Crippen molar-refractivity contribution in [3.63, 3.8) is 0 Å². The van der Waals surface area contributed by atoms with Crippen LogP contribution < -0.4 is 0 Å².